The van der Waals surface area contributed by atoms with E-state index < -0.39 is 22.0 Å². The van der Waals surface area contributed by atoms with E-state index in [1.165, 1.54) is 0 Å². The van der Waals surface area contributed by atoms with Gasteiger partial charge >= 0.3 is 5.97 Å². The van der Waals surface area contributed by atoms with E-state index in [1.54, 1.807) is 13.8 Å². The van der Waals surface area contributed by atoms with Gasteiger partial charge in [-0.25, -0.2) is 8.42 Å². The molecule has 0 aliphatic carbocycles. The van der Waals surface area contributed by atoms with Crippen LogP contribution in [0.2, 0.25) is 0 Å². The molecule has 1 fully saturated rings. The number of carbonyl (C=O) groups is 1. The van der Waals surface area contributed by atoms with Gasteiger partial charge < -0.3 is 9.84 Å². The Morgan fingerprint density at radius 3 is 2.38 bits per heavy atom. The summed E-state index contributed by atoms with van der Waals surface area (Å²) in [6, 6.07) is -0.944. The topological polar surface area (TPSA) is 83.7 Å². The summed E-state index contributed by atoms with van der Waals surface area (Å²) in [6.45, 7) is 9.51. The van der Waals surface area contributed by atoms with Gasteiger partial charge in [-0.3, -0.25) is 4.79 Å². The fourth-order valence-electron chi connectivity index (χ4n) is 3.44. The lowest BCUT2D eigenvalue weighted by Crippen LogP contribution is -2.34. The molecule has 0 radical (unpaired) electrons. The predicted octanol–water partition coefficient (Wildman–Crippen LogP) is 2.17. The maximum absolute atomic E-state index is 12.9. The van der Waals surface area contributed by atoms with Crippen molar-refractivity contribution in [3.63, 3.8) is 0 Å². The normalized spacial score (nSPS) is 24.9. The van der Waals surface area contributed by atoms with Crippen LogP contribution in [0.15, 0.2) is 4.90 Å². The average Bonchev–Trinajstić information content (AvgIpc) is 3.25. The lowest BCUT2D eigenvalue weighted by molar-refractivity contribution is -0.136. The molecule has 2 heterocycles. The zero-order chi connectivity index (χ0) is 18.0. The van der Waals surface area contributed by atoms with E-state index in [2.05, 4.69) is 0 Å². The predicted molar refractivity (Wildman–Crippen MR) is 89.0 cm³/mol. The minimum absolute atomic E-state index is 0.0379. The van der Waals surface area contributed by atoms with Crippen molar-refractivity contribution in [3.05, 3.63) is 22.3 Å². The molecule has 1 saturated heterocycles. The minimum Gasteiger partial charge on any atom is -0.487 e. The van der Waals surface area contributed by atoms with Crippen molar-refractivity contribution >= 4 is 16.0 Å². The van der Waals surface area contributed by atoms with Crippen molar-refractivity contribution in [2.24, 2.45) is 0 Å². The molecule has 1 aromatic rings. The van der Waals surface area contributed by atoms with Crippen LogP contribution in [0.1, 0.15) is 42.5 Å². The zero-order valence-corrected chi connectivity index (χ0v) is 15.5. The van der Waals surface area contributed by atoms with Gasteiger partial charge in [0.2, 0.25) is 10.0 Å². The Labute approximate surface area is 142 Å². The Hall–Kier alpha value is -1.60. The molecule has 7 heteroatoms. The third-order valence-electron chi connectivity index (χ3n) is 5.09. The summed E-state index contributed by atoms with van der Waals surface area (Å²) in [5.41, 5.74) is 2.78. The first-order chi connectivity index (χ1) is 11.0. The third kappa shape index (κ3) is 2.50. The number of benzene rings is 1. The van der Waals surface area contributed by atoms with E-state index >= 15 is 0 Å². The SMILES string of the molecule is Cc1c(C)c(S(=O)(=O)N2CC2C(=O)O)c(C)c2c1OC(C)(C)CC2. The quantitative estimate of drug-likeness (QED) is 0.842. The van der Waals surface area contributed by atoms with Crippen LogP contribution in [-0.4, -0.2) is 42.0 Å². The summed E-state index contributed by atoms with van der Waals surface area (Å²) >= 11 is 0. The van der Waals surface area contributed by atoms with Crippen molar-refractivity contribution in [2.75, 3.05) is 6.54 Å². The highest BCUT2D eigenvalue weighted by molar-refractivity contribution is 7.89. The van der Waals surface area contributed by atoms with Gasteiger partial charge in [-0.2, -0.15) is 4.31 Å². The Kier molecular flexibility index (Phi) is 3.73. The van der Waals surface area contributed by atoms with Gasteiger partial charge in [0.15, 0.2) is 0 Å². The van der Waals surface area contributed by atoms with Crippen LogP contribution in [0.5, 0.6) is 5.75 Å². The van der Waals surface area contributed by atoms with Gasteiger partial charge in [-0.05, 0) is 69.7 Å². The second kappa shape index (κ2) is 5.20. The Balaban J connectivity index is 2.15. The van der Waals surface area contributed by atoms with Gasteiger partial charge in [0, 0.05) is 6.54 Å². The molecular weight excluding hydrogens is 330 g/mol. The molecule has 2 atom stereocenters. The number of aliphatic carboxylic acids is 1. The highest BCUT2D eigenvalue weighted by atomic mass is 32.2. The lowest BCUT2D eigenvalue weighted by Gasteiger charge is -2.35. The molecule has 132 valence electrons. The summed E-state index contributed by atoms with van der Waals surface area (Å²) in [5, 5.41) is 9.05. The van der Waals surface area contributed by atoms with Gasteiger partial charge in [0.1, 0.15) is 17.4 Å². The highest BCUT2D eigenvalue weighted by Gasteiger charge is 2.51. The molecule has 0 aromatic heterocycles. The summed E-state index contributed by atoms with van der Waals surface area (Å²) in [7, 11) is -3.81. The van der Waals surface area contributed by atoms with Crippen molar-refractivity contribution < 1.29 is 23.1 Å². The number of ether oxygens (including phenoxy) is 1. The van der Waals surface area contributed by atoms with Crippen molar-refractivity contribution in [3.8, 4) is 5.75 Å². The van der Waals surface area contributed by atoms with Gasteiger partial charge in [0.05, 0.1) is 4.90 Å². The van der Waals surface area contributed by atoms with E-state index in [4.69, 9.17) is 9.84 Å². The smallest absolute Gasteiger partial charge is 0.323 e. The molecule has 0 amide bonds. The fraction of sp³-hybridized carbons (Fsp3) is 0.588. The molecule has 6 nitrogen and oxygen atoms in total. The monoisotopic (exact) mass is 353 g/mol. The first kappa shape index (κ1) is 17.2. The van der Waals surface area contributed by atoms with Crippen molar-refractivity contribution in [1.29, 1.82) is 0 Å². The molecule has 0 bridgehead atoms. The minimum atomic E-state index is -3.81. The van der Waals surface area contributed by atoms with Crippen LogP contribution in [-0.2, 0) is 21.2 Å². The molecule has 0 saturated carbocycles. The first-order valence-electron chi connectivity index (χ1n) is 8.03. The maximum atomic E-state index is 12.9. The number of nitrogens with zero attached hydrogens (tertiary/aromatic N) is 1. The number of fused-ring (bicyclic) bond motifs is 1. The number of hydrogen-bond donors (Lipinski definition) is 1. The Morgan fingerprint density at radius 1 is 1.21 bits per heavy atom. The number of hydrogen-bond acceptors (Lipinski definition) is 4. The van der Waals surface area contributed by atoms with Crippen LogP contribution < -0.4 is 4.74 Å². The van der Waals surface area contributed by atoms with Gasteiger partial charge in [0.25, 0.3) is 0 Å². The van der Waals surface area contributed by atoms with E-state index in [9.17, 15) is 13.2 Å². The molecule has 24 heavy (non-hydrogen) atoms. The van der Waals surface area contributed by atoms with Crippen LogP contribution >= 0.6 is 0 Å². The second-order valence-corrected chi connectivity index (χ2v) is 9.13. The van der Waals surface area contributed by atoms with Crippen molar-refractivity contribution in [2.45, 2.75) is 64.0 Å². The number of sulfonamides is 1. The molecule has 2 unspecified atom stereocenters. The van der Waals surface area contributed by atoms with E-state index in [0.29, 0.717) is 11.1 Å². The first-order valence-corrected chi connectivity index (χ1v) is 9.47. The zero-order valence-electron chi connectivity index (χ0n) is 14.6. The third-order valence-corrected chi connectivity index (χ3v) is 7.23. The van der Waals surface area contributed by atoms with Crippen molar-refractivity contribution in [1.82, 2.24) is 4.31 Å². The largest absolute Gasteiger partial charge is 0.487 e. The van der Waals surface area contributed by atoms with Crippen LogP contribution in [0.4, 0.5) is 0 Å². The molecule has 3 rings (SSSR count). The van der Waals surface area contributed by atoms with E-state index in [0.717, 1.165) is 34.0 Å². The Morgan fingerprint density at radius 2 is 1.83 bits per heavy atom. The number of carboxylic acid groups (broad SMARTS) is 1. The Bertz CT molecular complexity index is 841. The summed E-state index contributed by atoms with van der Waals surface area (Å²) in [6.07, 6.45) is 1.56. The molecule has 1 N–H and O–H groups in total. The van der Waals surface area contributed by atoms with Gasteiger partial charge in [-0.15, -0.1) is 0 Å². The van der Waals surface area contributed by atoms with E-state index in [-0.39, 0.29) is 17.0 Å². The molecular formula is C17H23NO5S. The lowest BCUT2D eigenvalue weighted by atomic mass is 9.88. The van der Waals surface area contributed by atoms with Crippen LogP contribution in [0.3, 0.4) is 0 Å². The van der Waals surface area contributed by atoms with Crippen LogP contribution in [0.25, 0.3) is 0 Å². The second-order valence-electron chi connectivity index (χ2n) is 7.30. The summed E-state index contributed by atoms with van der Waals surface area (Å²) < 4.78 is 33.0. The molecule has 1 aromatic carbocycles. The maximum Gasteiger partial charge on any atom is 0.323 e. The number of rotatable bonds is 3. The highest BCUT2D eigenvalue weighted by Crippen LogP contribution is 2.43. The standard InChI is InChI=1S/C17H23NO5S/c1-9-10(2)15(24(21,22)18-8-13(18)16(19)20)11(3)12-6-7-17(4,5)23-14(9)12/h13H,6-8H2,1-5H3,(H,19,20). The van der Waals surface area contributed by atoms with Crippen LogP contribution in [0, 0.1) is 20.8 Å². The average molecular weight is 353 g/mol. The molecule has 2 aliphatic heterocycles. The summed E-state index contributed by atoms with van der Waals surface area (Å²) in [5.74, 6) is -0.325. The number of carboxylic acids is 1. The van der Waals surface area contributed by atoms with Gasteiger partial charge in [-0.1, -0.05) is 0 Å². The van der Waals surface area contributed by atoms with E-state index in [1.807, 2.05) is 20.8 Å². The molecule has 0 spiro atoms. The molecule has 2 aliphatic rings. The summed E-state index contributed by atoms with van der Waals surface area (Å²) in [4.78, 5) is 11.3. The fourth-order valence-corrected chi connectivity index (χ4v) is 5.49.